The first-order valence-corrected chi connectivity index (χ1v) is 6.31. The molecule has 7 nitrogen and oxygen atoms in total. The molecule has 0 aliphatic carbocycles. The van der Waals surface area contributed by atoms with Crippen LogP contribution < -0.4 is 5.43 Å². The van der Waals surface area contributed by atoms with Gasteiger partial charge in [0.2, 0.25) is 0 Å². The van der Waals surface area contributed by atoms with E-state index in [-0.39, 0.29) is 11.6 Å². The van der Waals surface area contributed by atoms with Crippen molar-refractivity contribution in [1.82, 2.24) is 10.4 Å². The van der Waals surface area contributed by atoms with E-state index in [0.717, 1.165) is 0 Å². The number of hydrazone groups is 1. The molecule has 2 aromatic rings. The molecule has 1 N–H and O–H groups in total. The van der Waals surface area contributed by atoms with E-state index >= 15 is 0 Å². The van der Waals surface area contributed by atoms with Crippen LogP contribution in [0.5, 0.6) is 0 Å². The molecule has 0 bridgehead atoms. The SMILES string of the molecule is O=C(N/N=C\C=C\c1cccc([N+](=O)[O-])c1)c1ccncc1. The maximum atomic E-state index is 11.6. The minimum absolute atomic E-state index is 0.0186. The van der Waals surface area contributed by atoms with Gasteiger partial charge in [-0.2, -0.15) is 5.10 Å². The van der Waals surface area contributed by atoms with Gasteiger partial charge >= 0.3 is 0 Å². The fourth-order valence-electron chi connectivity index (χ4n) is 1.60. The van der Waals surface area contributed by atoms with Gasteiger partial charge in [0.15, 0.2) is 0 Å². The van der Waals surface area contributed by atoms with E-state index in [1.54, 1.807) is 36.4 Å². The third-order valence-corrected chi connectivity index (χ3v) is 2.64. The maximum Gasteiger partial charge on any atom is 0.271 e. The first-order chi connectivity index (χ1) is 10.7. The summed E-state index contributed by atoms with van der Waals surface area (Å²) in [6, 6.07) is 9.33. The number of non-ortho nitro benzene ring substituents is 1. The monoisotopic (exact) mass is 296 g/mol. The zero-order valence-electron chi connectivity index (χ0n) is 11.4. The molecule has 7 heteroatoms. The molecule has 1 aromatic heterocycles. The first kappa shape index (κ1) is 15.0. The van der Waals surface area contributed by atoms with Crippen LogP contribution >= 0.6 is 0 Å². The molecule has 110 valence electrons. The van der Waals surface area contributed by atoms with Crippen LogP contribution in [0, 0.1) is 10.1 Å². The number of hydrogen-bond donors (Lipinski definition) is 1. The number of carbonyl (C=O) groups excluding carboxylic acids is 1. The molecule has 1 aromatic carbocycles. The van der Waals surface area contributed by atoms with Crippen LogP contribution in [0.25, 0.3) is 6.08 Å². The molecular weight excluding hydrogens is 284 g/mol. The Bertz CT molecular complexity index is 727. The number of allylic oxidation sites excluding steroid dienone is 1. The third-order valence-electron chi connectivity index (χ3n) is 2.64. The Morgan fingerprint density at radius 3 is 2.77 bits per heavy atom. The Hall–Kier alpha value is -3.35. The van der Waals surface area contributed by atoms with Crippen molar-refractivity contribution in [2.45, 2.75) is 0 Å². The number of nitrogens with zero attached hydrogens (tertiary/aromatic N) is 3. The number of nitro groups is 1. The van der Waals surface area contributed by atoms with Gasteiger partial charge in [-0.1, -0.05) is 18.2 Å². The molecule has 2 rings (SSSR count). The van der Waals surface area contributed by atoms with Crippen molar-refractivity contribution in [3.8, 4) is 0 Å². The molecule has 0 atom stereocenters. The molecule has 0 spiro atoms. The third kappa shape index (κ3) is 4.34. The van der Waals surface area contributed by atoms with Gasteiger partial charge in [-0.3, -0.25) is 19.9 Å². The number of hydrogen-bond acceptors (Lipinski definition) is 5. The van der Waals surface area contributed by atoms with E-state index in [0.29, 0.717) is 11.1 Å². The average molecular weight is 296 g/mol. The molecule has 0 radical (unpaired) electrons. The van der Waals surface area contributed by atoms with Crippen LogP contribution in [0.4, 0.5) is 5.69 Å². The summed E-state index contributed by atoms with van der Waals surface area (Å²) in [7, 11) is 0. The smallest absolute Gasteiger partial charge is 0.267 e. The Morgan fingerprint density at radius 2 is 2.05 bits per heavy atom. The second-order valence-electron chi connectivity index (χ2n) is 4.17. The van der Waals surface area contributed by atoms with Crippen LogP contribution in [0.3, 0.4) is 0 Å². The van der Waals surface area contributed by atoms with Crippen molar-refractivity contribution in [3.63, 3.8) is 0 Å². The topological polar surface area (TPSA) is 97.5 Å². The zero-order valence-corrected chi connectivity index (χ0v) is 11.4. The summed E-state index contributed by atoms with van der Waals surface area (Å²) in [4.78, 5) is 25.6. The fourth-order valence-corrected chi connectivity index (χ4v) is 1.60. The molecule has 0 saturated carbocycles. The highest BCUT2D eigenvalue weighted by Crippen LogP contribution is 2.13. The molecular formula is C15H12N4O3. The number of benzene rings is 1. The van der Waals surface area contributed by atoms with Gasteiger partial charge in [-0.05, 0) is 23.8 Å². The highest BCUT2D eigenvalue weighted by atomic mass is 16.6. The first-order valence-electron chi connectivity index (χ1n) is 6.31. The molecule has 22 heavy (non-hydrogen) atoms. The Morgan fingerprint density at radius 1 is 1.27 bits per heavy atom. The molecule has 0 saturated heterocycles. The van der Waals surface area contributed by atoms with Crippen molar-refractivity contribution in [2.75, 3.05) is 0 Å². The summed E-state index contributed by atoms with van der Waals surface area (Å²) >= 11 is 0. The summed E-state index contributed by atoms with van der Waals surface area (Å²) in [5.41, 5.74) is 3.50. The lowest BCUT2D eigenvalue weighted by Gasteiger charge is -1.97. The van der Waals surface area contributed by atoms with Crippen LogP contribution in [0.1, 0.15) is 15.9 Å². The number of pyridine rings is 1. The van der Waals surface area contributed by atoms with Gasteiger partial charge in [0, 0.05) is 36.3 Å². The highest BCUT2D eigenvalue weighted by Gasteiger charge is 2.03. The summed E-state index contributed by atoms with van der Waals surface area (Å²) in [5, 5.41) is 14.4. The number of nitrogens with one attached hydrogen (secondary N) is 1. The largest absolute Gasteiger partial charge is 0.271 e. The number of rotatable bonds is 5. The summed E-state index contributed by atoms with van der Waals surface area (Å²) in [6.45, 7) is 0. The molecule has 0 unspecified atom stereocenters. The highest BCUT2D eigenvalue weighted by molar-refractivity contribution is 5.94. The lowest BCUT2D eigenvalue weighted by molar-refractivity contribution is -0.384. The fraction of sp³-hybridized carbons (Fsp3) is 0. The Kier molecular flexibility index (Phi) is 5.09. The van der Waals surface area contributed by atoms with Gasteiger partial charge in [-0.25, -0.2) is 5.43 Å². The minimum atomic E-state index is -0.458. The van der Waals surface area contributed by atoms with Crippen LogP contribution in [0.15, 0.2) is 60.0 Å². The molecule has 1 heterocycles. The lowest BCUT2D eigenvalue weighted by atomic mass is 10.2. The predicted molar refractivity (Wildman–Crippen MR) is 82.3 cm³/mol. The lowest BCUT2D eigenvalue weighted by Crippen LogP contribution is -2.17. The van der Waals surface area contributed by atoms with E-state index in [1.165, 1.54) is 30.7 Å². The average Bonchev–Trinajstić information content (AvgIpc) is 2.55. The summed E-state index contributed by atoms with van der Waals surface area (Å²) < 4.78 is 0. The normalized spacial score (nSPS) is 10.9. The number of nitro benzene ring substituents is 1. The van der Waals surface area contributed by atoms with Gasteiger partial charge < -0.3 is 0 Å². The van der Waals surface area contributed by atoms with Gasteiger partial charge in [0.25, 0.3) is 11.6 Å². The van der Waals surface area contributed by atoms with Crippen molar-refractivity contribution in [2.24, 2.45) is 5.10 Å². The second-order valence-corrected chi connectivity index (χ2v) is 4.17. The molecule has 1 amide bonds. The number of amides is 1. The standard InChI is InChI=1S/C15H12N4O3/c20-15(13-6-9-16-10-7-13)18-17-8-2-4-12-3-1-5-14(11-12)19(21)22/h1-11H,(H,18,20)/b4-2+,17-8-. The van der Waals surface area contributed by atoms with Crippen molar-refractivity contribution >= 4 is 23.9 Å². The summed E-state index contributed by atoms with van der Waals surface area (Å²) in [5.74, 6) is -0.345. The van der Waals surface area contributed by atoms with Crippen molar-refractivity contribution in [3.05, 3.63) is 76.1 Å². The van der Waals surface area contributed by atoms with Gasteiger partial charge in [-0.15, -0.1) is 0 Å². The number of aromatic nitrogens is 1. The van der Waals surface area contributed by atoms with Gasteiger partial charge in [0.1, 0.15) is 0 Å². The molecule has 0 aliphatic rings. The van der Waals surface area contributed by atoms with E-state index < -0.39 is 4.92 Å². The van der Waals surface area contributed by atoms with Crippen molar-refractivity contribution in [1.29, 1.82) is 0 Å². The minimum Gasteiger partial charge on any atom is -0.267 e. The van der Waals surface area contributed by atoms with Crippen molar-refractivity contribution < 1.29 is 9.72 Å². The molecule has 0 fully saturated rings. The van der Waals surface area contributed by atoms with Gasteiger partial charge in [0.05, 0.1) is 4.92 Å². The maximum absolute atomic E-state index is 11.6. The Balaban J connectivity index is 1.91. The van der Waals surface area contributed by atoms with E-state index in [9.17, 15) is 14.9 Å². The number of carbonyl (C=O) groups is 1. The van der Waals surface area contributed by atoms with E-state index in [1.807, 2.05) is 0 Å². The summed E-state index contributed by atoms with van der Waals surface area (Å²) in [6.07, 6.45) is 7.64. The van der Waals surface area contributed by atoms with Crippen LogP contribution in [0.2, 0.25) is 0 Å². The Labute approximate surface area is 126 Å². The molecule has 0 aliphatic heterocycles. The quantitative estimate of drug-likeness (QED) is 0.520. The van der Waals surface area contributed by atoms with Crippen LogP contribution in [-0.2, 0) is 0 Å². The zero-order chi connectivity index (χ0) is 15.8. The van der Waals surface area contributed by atoms with E-state index in [2.05, 4.69) is 15.5 Å². The predicted octanol–water partition coefficient (Wildman–Crippen LogP) is 2.42. The second kappa shape index (κ2) is 7.44. The van der Waals surface area contributed by atoms with E-state index in [4.69, 9.17) is 0 Å². The van der Waals surface area contributed by atoms with Crippen LogP contribution in [-0.4, -0.2) is 22.0 Å².